The number of urea groups is 1. The molecule has 0 saturated heterocycles. The standard InChI is InChI=1S/C24H29N5O2.ClH/c1-24(2,3)16-9-10-17-15(12-16)8-11-20(17)28-23(31)27-19-6-5-7-21-18(19)13-26-29(21)22(30)14-25-4;/h5-7,9-10,12-13,20,25H,8,11,14H2,1-4H3,(H2,27,28,31);1H. The van der Waals surface area contributed by atoms with Gasteiger partial charge in [0, 0.05) is 5.39 Å². The number of halogens is 1. The van der Waals surface area contributed by atoms with Crippen molar-refractivity contribution in [3.05, 3.63) is 59.3 Å². The predicted molar refractivity (Wildman–Crippen MR) is 130 cm³/mol. The number of anilines is 1. The molecule has 2 amide bonds. The van der Waals surface area contributed by atoms with E-state index in [0.717, 1.165) is 18.2 Å². The summed E-state index contributed by atoms with van der Waals surface area (Å²) in [4.78, 5) is 25.0. The number of likely N-dealkylation sites (N-methyl/N-ethyl adjacent to an activating group) is 1. The molecule has 170 valence electrons. The van der Waals surface area contributed by atoms with Crippen LogP contribution in [-0.4, -0.2) is 35.3 Å². The van der Waals surface area contributed by atoms with E-state index >= 15 is 0 Å². The van der Waals surface area contributed by atoms with Gasteiger partial charge in [-0.2, -0.15) is 9.78 Å². The second-order valence-corrected chi connectivity index (χ2v) is 9.07. The van der Waals surface area contributed by atoms with Gasteiger partial charge in [-0.15, -0.1) is 12.4 Å². The summed E-state index contributed by atoms with van der Waals surface area (Å²) < 4.78 is 1.36. The number of amides is 2. The molecule has 1 heterocycles. The van der Waals surface area contributed by atoms with Crippen LogP contribution < -0.4 is 16.0 Å². The van der Waals surface area contributed by atoms with Crippen LogP contribution in [0.15, 0.2) is 42.6 Å². The van der Waals surface area contributed by atoms with Crippen LogP contribution in [0.2, 0.25) is 0 Å². The Morgan fingerprint density at radius 2 is 1.97 bits per heavy atom. The number of aromatic nitrogens is 2. The molecule has 7 nitrogen and oxygen atoms in total. The second kappa shape index (κ2) is 9.30. The lowest BCUT2D eigenvalue weighted by Crippen LogP contribution is -2.31. The van der Waals surface area contributed by atoms with Gasteiger partial charge in [0.15, 0.2) is 0 Å². The van der Waals surface area contributed by atoms with Crippen molar-refractivity contribution in [3.63, 3.8) is 0 Å². The van der Waals surface area contributed by atoms with Crippen molar-refractivity contribution in [2.45, 2.75) is 45.1 Å². The third-order valence-electron chi connectivity index (χ3n) is 5.82. The number of hydrogen-bond acceptors (Lipinski definition) is 4. The molecule has 1 aliphatic rings. The Morgan fingerprint density at radius 3 is 2.69 bits per heavy atom. The fraction of sp³-hybridized carbons (Fsp3) is 0.375. The number of nitrogens with zero attached hydrogens (tertiary/aromatic N) is 2. The first-order valence-corrected chi connectivity index (χ1v) is 10.6. The van der Waals surface area contributed by atoms with Gasteiger partial charge in [0.05, 0.1) is 30.0 Å². The molecular weight excluding hydrogens is 426 g/mol. The van der Waals surface area contributed by atoms with Crippen molar-refractivity contribution in [2.24, 2.45) is 0 Å². The summed E-state index contributed by atoms with van der Waals surface area (Å²) in [5.74, 6) is -0.156. The van der Waals surface area contributed by atoms with E-state index in [1.807, 2.05) is 18.2 Å². The van der Waals surface area contributed by atoms with Gasteiger partial charge in [-0.1, -0.05) is 45.0 Å². The summed E-state index contributed by atoms with van der Waals surface area (Å²) in [7, 11) is 1.71. The molecule has 0 aliphatic heterocycles. The summed E-state index contributed by atoms with van der Waals surface area (Å²) >= 11 is 0. The number of nitrogens with one attached hydrogen (secondary N) is 3. The van der Waals surface area contributed by atoms with Gasteiger partial charge >= 0.3 is 6.03 Å². The van der Waals surface area contributed by atoms with Crippen LogP contribution >= 0.6 is 12.4 Å². The van der Waals surface area contributed by atoms with Gasteiger partial charge in [0.1, 0.15) is 0 Å². The highest BCUT2D eigenvalue weighted by atomic mass is 35.5. The van der Waals surface area contributed by atoms with Gasteiger partial charge < -0.3 is 16.0 Å². The van der Waals surface area contributed by atoms with Crippen LogP contribution in [0.1, 0.15) is 54.7 Å². The number of rotatable bonds is 4. The zero-order chi connectivity index (χ0) is 22.2. The summed E-state index contributed by atoms with van der Waals surface area (Å²) in [6.45, 7) is 6.82. The first-order chi connectivity index (χ1) is 14.8. The first-order valence-electron chi connectivity index (χ1n) is 10.6. The Kier molecular flexibility index (Phi) is 6.91. The van der Waals surface area contributed by atoms with Crippen LogP contribution in [0.4, 0.5) is 10.5 Å². The van der Waals surface area contributed by atoms with E-state index in [0.29, 0.717) is 11.2 Å². The van der Waals surface area contributed by atoms with Crippen molar-refractivity contribution in [1.29, 1.82) is 0 Å². The lowest BCUT2D eigenvalue weighted by molar-refractivity contribution is 0.0905. The molecule has 1 atom stereocenters. The zero-order valence-electron chi connectivity index (χ0n) is 18.9. The molecule has 3 aromatic rings. The Labute approximate surface area is 194 Å². The Bertz CT molecular complexity index is 1150. The lowest BCUT2D eigenvalue weighted by Gasteiger charge is -2.21. The number of benzene rings is 2. The fourth-order valence-corrected chi connectivity index (χ4v) is 4.14. The van der Waals surface area contributed by atoms with E-state index in [1.165, 1.54) is 21.4 Å². The van der Waals surface area contributed by atoms with E-state index in [4.69, 9.17) is 0 Å². The third-order valence-corrected chi connectivity index (χ3v) is 5.82. The Morgan fingerprint density at radius 1 is 1.19 bits per heavy atom. The largest absolute Gasteiger partial charge is 0.331 e. The highest BCUT2D eigenvalue weighted by Gasteiger charge is 2.26. The zero-order valence-corrected chi connectivity index (χ0v) is 19.7. The smallest absolute Gasteiger partial charge is 0.319 e. The number of carbonyl (C=O) groups excluding carboxylic acids is 2. The van der Waals surface area contributed by atoms with Crippen molar-refractivity contribution < 1.29 is 9.59 Å². The number of fused-ring (bicyclic) bond motifs is 2. The van der Waals surface area contributed by atoms with Crippen LogP contribution in [0, 0.1) is 0 Å². The van der Waals surface area contributed by atoms with E-state index in [-0.39, 0.29) is 42.3 Å². The van der Waals surface area contributed by atoms with Crippen LogP contribution in [-0.2, 0) is 11.8 Å². The second-order valence-electron chi connectivity index (χ2n) is 9.07. The van der Waals surface area contributed by atoms with E-state index in [1.54, 1.807) is 13.2 Å². The van der Waals surface area contributed by atoms with E-state index in [9.17, 15) is 9.59 Å². The molecule has 1 unspecified atom stereocenters. The normalized spacial score (nSPS) is 15.2. The maximum absolute atomic E-state index is 12.8. The molecule has 0 radical (unpaired) electrons. The summed E-state index contributed by atoms with van der Waals surface area (Å²) in [5, 5.41) is 13.8. The summed E-state index contributed by atoms with van der Waals surface area (Å²) in [6.07, 6.45) is 3.45. The van der Waals surface area contributed by atoms with Crippen molar-refractivity contribution in [1.82, 2.24) is 20.4 Å². The minimum Gasteiger partial charge on any atom is -0.331 e. The number of hydrogen-bond donors (Lipinski definition) is 3. The SMILES string of the molecule is CNCC(=O)n1ncc2c(NC(=O)NC3CCc4cc(C(C)(C)C)ccc43)cccc21.Cl. The highest BCUT2D eigenvalue weighted by molar-refractivity contribution is 6.03. The number of aryl methyl sites for hydroxylation is 1. The fourth-order valence-electron chi connectivity index (χ4n) is 4.14. The lowest BCUT2D eigenvalue weighted by atomic mass is 9.85. The van der Waals surface area contributed by atoms with E-state index in [2.05, 4.69) is 60.0 Å². The molecule has 0 fully saturated rings. The first kappa shape index (κ1) is 23.8. The Hall–Kier alpha value is -2.90. The molecule has 3 N–H and O–H groups in total. The molecule has 0 spiro atoms. The quantitative estimate of drug-likeness (QED) is 0.543. The van der Waals surface area contributed by atoms with Crippen molar-refractivity contribution >= 4 is 40.9 Å². The molecule has 32 heavy (non-hydrogen) atoms. The van der Waals surface area contributed by atoms with Crippen molar-refractivity contribution in [3.8, 4) is 0 Å². The van der Waals surface area contributed by atoms with Crippen LogP contribution in [0.5, 0.6) is 0 Å². The molecule has 1 aromatic heterocycles. The molecule has 2 aromatic carbocycles. The average molecular weight is 456 g/mol. The van der Waals surface area contributed by atoms with Crippen molar-refractivity contribution in [2.75, 3.05) is 18.9 Å². The molecule has 8 heteroatoms. The summed E-state index contributed by atoms with van der Waals surface area (Å²) in [6, 6.07) is 11.7. The maximum atomic E-state index is 12.8. The summed E-state index contributed by atoms with van der Waals surface area (Å²) in [5.41, 5.74) is 5.21. The molecule has 0 bridgehead atoms. The van der Waals surface area contributed by atoms with Gasteiger partial charge in [-0.3, -0.25) is 4.79 Å². The monoisotopic (exact) mass is 455 g/mol. The topological polar surface area (TPSA) is 88.1 Å². The van der Waals surface area contributed by atoms with Gasteiger partial charge in [-0.25, -0.2) is 4.79 Å². The van der Waals surface area contributed by atoms with Gasteiger partial charge in [0.2, 0.25) is 0 Å². The van der Waals surface area contributed by atoms with Gasteiger partial charge in [-0.05, 0) is 54.1 Å². The molecule has 1 aliphatic carbocycles. The number of carbonyl (C=O) groups is 2. The third kappa shape index (κ3) is 4.64. The van der Waals surface area contributed by atoms with Crippen LogP contribution in [0.3, 0.4) is 0 Å². The van der Waals surface area contributed by atoms with Gasteiger partial charge in [0.25, 0.3) is 5.91 Å². The molecular formula is C24H30ClN5O2. The predicted octanol–water partition coefficient (Wildman–Crippen LogP) is 4.42. The minimum atomic E-state index is -0.264. The van der Waals surface area contributed by atoms with Crippen LogP contribution in [0.25, 0.3) is 10.9 Å². The highest BCUT2D eigenvalue weighted by Crippen LogP contribution is 2.34. The molecule has 0 saturated carbocycles. The average Bonchev–Trinajstić information content (AvgIpc) is 3.32. The Balaban J connectivity index is 0.00000289. The van der Waals surface area contributed by atoms with E-state index < -0.39 is 0 Å². The maximum Gasteiger partial charge on any atom is 0.319 e. The minimum absolute atomic E-state index is 0. The molecule has 4 rings (SSSR count).